The average molecular weight is 376 g/mol. The van der Waals surface area contributed by atoms with E-state index >= 15 is 0 Å². The van der Waals surface area contributed by atoms with Gasteiger partial charge in [-0.2, -0.15) is 4.98 Å². The summed E-state index contributed by atoms with van der Waals surface area (Å²) in [6.07, 6.45) is 8.67. The summed E-state index contributed by atoms with van der Waals surface area (Å²) >= 11 is 0. The van der Waals surface area contributed by atoms with Gasteiger partial charge in [0.05, 0.1) is 5.56 Å². The van der Waals surface area contributed by atoms with Crippen molar-refractivity contribution in [3.8, 4) is 17.3 Å². The number of H-pyrrole nitrogens is 1. The summed E-state index contributed by atoms with van der Waals surface area (Å²) in [7, 11) is 0. The van der Waals surface area contributed by atoms with Gasteiger partial charge in [0.25, 0.3) is 5.56 Å². The molecule has 0 spiro atoms. The lowest BCUT2D eigenvalue weighted by Gasteiger charge is -2.28. The largest absolute Gasteiger partial charge is 0.493 e. The fourth-order valence-corrected chi connectivity index (χ4v) is 4.06. The topological polar surface area (TPSA) is 66.0 Å². The second-order valence-electron chi connectivity index (χ2n) is 7.56. The van der Waals surface area contributed by atoms with E-state index in [-0.39, 0.29) is 22.8 Å². The number of aromatic hydroxyl groups is 1. The Morgan fingerprint density at radius 3 is 2.37 bits per heavy atom. The quantitative estimate of drug-likeness (QED) is 0.749. The van der Waals surface area contributed by atoms with Gasteiger partial charge in [-0.3, -0.25) is 4.79 Å². The SMILES string of the molecule is CCCC1CCC(CCc2c(O)nc(-c3ccc(F)c(F)c3)[nH]c2=O)CC1. The third-order valence-corrected chi connectivity index (χ3v) is 5.65. The average Bonchev–Trinajstić information content (AvgIpc) is 2.64. The van der Waals surface area contributed by atoms with Crippen molar-refractivity contribution in [3.63, 3.8) is 0 Å². The van der Waals surface area contributed by atoms with E-state index < -0.39 is 17.2 Å². The minimum atomic E-state index is -1.03. The lowest BCUT2D eigenvalue weighted by molar-refractivity contribution is 0.251. The van der Waals surface area contributed by atoms with Gasteiger partial charge in [-0.1, -0.05) is 45.4 Å². The molecule has 2 aromatic rings. The van der Waals surface area contributed by atoms with Gasteiger partial charge in [-0.25, -0.2) is 8.78 Å². The Hall–Kier alpha value is -2.24. The molecule has 1 heterocycles. The second kappa shape index (κ2) is 8.63. The monoisotopic (exact) mass is 376 g/mol. The third kappa shape index (κ3) is 4.73. The maximum atomic E-state index is 13.4. The van der Waals surface area contributed by atoms with Crippen LogP contribution in [0.25, 0.3) is 11.4 Å². The number of nitrogens with zero attached hydrogens (tertiary/aromatic N) is 1. The first-order valence-corrected chi connectivity index (χ1v) is 9.75. The Morgan fingerprint density at radius 1 is 1.11 bits per heavy atom. The summed E-state index contributed by atoms with van der Waals surface area (Å²) < 4.78 is 26.5. The minimum Gasteiger partial charge on any atom is -0.493 e. The molecule has 1 aliphatic rings. The van der Waals surface area contributed by atoms with Crippen LogP contribution in [0.2, 0.25) is 0 Å². The molecule has 1 aromatic heterocycles. The van der Waals surface area contributed by atoms with Crippen LogP contribution in [0.4, 0.5) is 8.78 Å². The molecule has 4 nitrogen and oxygen atoms in total. The van der Waals surface area contributed by atoms with E-state index in [0.29, 0.717) is 12.3 Å². The van der Waals surface area contributed by atoms with Crippen molar-refractivity contribution >= 4 is 0 Å². The number of hydrogen-bond donors (Lipinski definition) is 2. The number of hydrogen-bond acceptors (Lipinski definition) is 3. The van der Waals surface area contributed by atoms with Gasteiger partial charge < -0.3 is 10.1 Å². The van der Waals surface area contributed by atoms with E-state index in [4.69, 9.17) is 0 Å². The smallest absolute Gasteiger partial charge is 0.258 e. The molecule has 0 radical (unpaired) electrons. The number of aromatic nitrogens is 2. The number of aromatic amines is 1. The van der Waals surface area contributed by atoms with Gasteiger partial charge in [0.2, 0.25) is 5.88 Å². The van der Waals surface area contributed by atoms with Crippen LogP contribution in [0.1, 0.15) is 57.4 Å². The van der Waals surface area contributed by atoms with Crippen molar-refractivity contribution in [1.82, 2.24) is 9.97 Å². The van der Waals surface area contributed by atoms with Crippen molar-refractivity contribution in [2.24, 2.45) is 11.8 Å². The first-order chi connectivity index (χ1) is 13.0. The standard InChI is InChI=1S/C21H26F2N2O2/c1-2-3-13-4-6-14(7-5-13)8-10-16-20(26)24-19(25-21(16)27)15-9-11-17(22)18(23)12-15/h9,11-14H,2-8,10H2,1H3,(H2,24,25,26,27). The first-order valence-electron chi connectivity index (χ1n) is 9.75. The van der Waals surface area contributed by atoms with Crippen LogP contribution in [0.5, 0.6) is 5.88 Å². The molecule has 0 unspecified atom stereocenters. The van der Waals surface area contributed by atoms with E-state index in [1.54, 1.807) is 0 Å². The zero-order chi connectivity index (χ0) is 19.4. The summed E-state index contributed by atoms with van der Waals surface area (Å²) in [6.45, 7) is 2.22. The number of rotatable bonds is 6. The Morgan fingerprint density at radius 2 is 1.78 bits per heavy atom. The molecular weight excluding hydrogens is 350 g/mol. The number of benzene rings is 1. The van der Waals surface area contributed by atoms with Crippen LogP contribution in [-0.4, -0.2) is 15.1 Å². The summed E-state index contributed by atoms with van der Waals surface area (Å²) in [5.74, 6) is -0.908. The summed E-state index contributed by atoms with van der Waals surface area (Å²) in [4.78, 5) is 18.9. The van der Waals surface area contributed by atoms with Gasteiger partial charge in [-0.05, 0) is 42.9 Å². The van der Waals surface area contributed by atoms with E-state index in [1.165, 1.54) is 44.6 Å². The fraction of sp³-hybridized carbons (Fsp3) is 0.524. The van der Waals surface area contributed by atoms with Gasteiger partial charge in [0.15, 0.2) is 11.6 Å². The maximum absolute atomic E-state index is 13.4. The molecule has 2 N–H and O–H groups in total. The van der Waals surface area contributed by atoms with E-state index in [0.717, 1.165) is 24.5 Å². The van der Waals surface area contributed by atoms with Crippen molar-refractivity contribution < 1.29 is 13.9 Å². The Kier molecular flexibility index (Phi) is 6.24. The molecule has 1 saturated carbocycles. The lowest BCUT2D eigenvalue weighted by Crippen LogP contribution is -2.19. The lowest BCUT2D eigenvalue weighted by atomic mass is 9.78. The predicted molar refractivity (Wildman–Crippen MR) is 101 cm³/mol. The van der Waals surface area contributed by atoms with Gasteiger partial charge in [-0.15, -0.1) is 0 Å². The van der Waals surface area contributed by atoms with Crippen LogP contribution in [-0.2, 0) is 6.42 Å². The molecule has 0 saturated heterocycles. The molecule has 0 bridgehead atoms. The fourth-order valence-electron chi connectivity index (χ4n) is 4.06. The molecule has 1 aliphatic carbocycles. The minimum absolute atomic E-state index is 0.0280. The molecule has 0 atom stereocenters. The highest BCUT2D eigenvalue weighted by Crippen LogP contribution is 2.34. The third-order valence-electron chi connectivity index (χ3n) is 5.65. The Balaban J connectivity index is 1.67. The zero-order valence-electron chi connectivity index (χ0n) is 15.6. The molecule has 6 heteroatoms. The predicted octanol–water partition coefficient (Wildman–Crippen LogP) is 4.96. The summed E-state index contributed by atoms with van der Waals surface area (Å²) in [5, 5.41) is 10.2. The molecule has 146 valence electrons. The van der Waals surface area contributed by atoms with Crippen LogP contribution in [0.3, 0.4) is 0 Å². The van der Waals surface area contributed by atoms with Crippen LogP contribution < -0.4 is 5.56 Å². The number of halogens is 2. The normalized spacial score (nSPS) is 20.0. The van der Waals surface area contributed by atoms with Crippen molar-refractivity contribution in [1.29, 1.82) is 0 Å². The van der Waals surface area contributed by atoms with Crippen molar-refractivity contribution in [3.05, 3.63) is 45.8 Å². The Bertz CT molecular complexity index is 843. The molecule has 3 rings (SSSR count). The zero-order valence-corrected chi connectivity index (χ0v) is 15.6. The molecular formula is C21H26F2N2O2. The van der Waals surface area contributed by atoms with Gasteiger partial charge >= 0.3 is 0 Å². The van der Waals surface area contributed by atoms with Gasteiger partial charge in [0, 0.05) is 5.56 Å². The van der Waals surface area contributed by atoms with E-state index in [2.05, 4.69) is 16.9 Å². The molecule has 0 aliphatic heterocycles. The first kappa shape index (κ1) is 19.5. The van der Waals surface area contributed by atoms with Crippen LogP contribution in [0, 0.1) is 23.5 Å². The number of nitrogens with one attached hydrogen (secondary N) is 1. The van der Waals surface area contributed by atoms with Crippen LogP contribution in [0.15, 0.2) is 23.0 Å². The van der Waals surface area contributed by atoms with Crippen LogP contribution >= 0.6 is 0 Å². The second-order valence-corrected chi connectivity index (χ2v) is 7.56. The van der Waals surface area contributed by atoms with E-state index in [9.17, 15) is 18.7 Å². The van der Waals surface area contributed by atoms with E-state index in [1.807, 2.05) is 0 Å². The van der Waals surface area contributed by atoms with Crippen molar-refractivity contribution in [2.45, 2.75) is 58.3 Å². The highest BCUT2D eigenvalue weighted by Gasteiger charge is 2.22. The van der Waals surface area contributed by atoms with Crippen molar-refractivity contribution in [2.75, 3.05) is 0 Å². The highest BCUT2D eigenvalue weighted by atomic mass is 19.2. The summed E-state index contributed by atoms with van der Waals surface area (Å²) in [5.41, 5.74) is 0.0426. The molecule has 1 fully saturated rings. The molecule has 1 aromatic carbocycles. The Labute approximate surface area is 157 Å². The van der Waals surface area contributed by atoms with Gasteiger partial charge in [0.1, 0.15) is 5.82 Å². The molecule has 0 amide bonds. The maximum Gasteiger partial charge on any atom is 0.258 e. The summed E-state index contributed by atoms with van der Waals surface area (Å²) in [6, 6.07) is 3.22. The highest BCUT2D eigenvalue weighted by molar-refractivity contribution is 5.55. The molecule has 27 heavy (non-hydrogen) atoms.